The highest BCUT2D eigenvalue weighted by Gasteiger charge is 2.06. The van der Waals surface area contributed by atoms with Crippen LogP contribution in [0.25, 0.3) is 12.2 Å². The third-order valence-corrected chi connectivity index (χ3v) is 3.01. The number of nitrogens with zero attached hydrogens (tertiary/aromatic N) is 2. The average Bonchev–Trinajstić information content (AvgIpc) is 2.30. The van der Waals surface area contributed by atoms with Gasteiger partial charge in [0.2, 0.25) is 5.95 Å². The van der Waals surface area contributed by atoms with Crippen LogP contribution >= 0.6 is 34.8 Å². The minimum absolute atomic E-state index is 0.0497. The summed E-state index contributed by atoms with van der Waals surface area (Å²) in [5.41, 5.74) is 6.91. The molecule has 92 valence electrons. The molecule has 18 heavy (non-hydrogen) atoms. The molecule has 0 saturated heterocycles. The zero-order valence-corrected chi connectivity index (χ0v) is 11.3. The second-order valence-corrected chi connectivity index (χ2v) is 4.61. The molecule has 0 spiro atoms. The molecule has 0 saturated carbocycles. The van der Waals surface area contributed by atoms with Crippen molar-refractivity contribution in [2.45, 2.75) is 0 Å². The Balaban J connectivity index is 2.31. The summed E-state index contributed by atoms with van der Waals surface area (Å²) in [6.07, 6.45) is 3.57. The molecule has 0 radical (unpaired) electrons. The number of rotatable bonds is 2. The van der Waals surface area contributed by atoms with Gasteiger partial charge in [0, 0.05) is 10.6 Å². The van der Waals surface area contributed by atoms with Crippen LogP contribution in [0.3, 0.4) is 0 Å². The summed E-state index contributed by atoms with van der Waals surface area (Å²) in [6, 6.07) is 7.34. The van der Waals surface area contributed by atoms with Gasteiger partial charge in [-0.2, -0.15) is 0 Å². The number of benzene rings is 1. The Morgan fingerprint density at radius 1 is 0.889 bits per heavy atom. The van der Waals surface area contributed by atoms with Crippen LogP contribution in [0.1, 0.15) is 11.1 Å². The Bertz CT molecular complexity index is 571. The molecule has 0 bridgehead atoms. The average molecular weight is 301 g/mol. The number of nitrogens with two attached hydrogens (primary N) is 1. The van der Waals surface area contributed by atoms with Gasteiger partial charge >= 0.3 is 0 Å². The van der Waals surface area contributed by atoms with Crippen LogP contribution in [0.5, 0.6) is 0 Å². The van der Waals surface area contributed by atoms with Gasteiger partial charge in [0.1, 0.15) is 10.3 Å². The summed E-state index contributed by atoms with van der Waals surface area (Å²) >= 11 is 17.7. The maximum atomic E-state index is 5.94. The van der Waals surface area contributed by atoms with E-state index in [0.717, 1.165) is 5.56 Å². The maximum absolute atomic E-state index is 5.94. The molecule has 0 unspecified atom stereocenters. The maximum Gasteiger partial charge on any atom is 0.222 e. The molecular weight excluding hydrogens is 293 g/mol. The molecule has 0 fully saturated rings. The summed E-state index contributed by atoms with van der Waals surface area (Å²) < 4.78 is 0. The lowest BCUT2D eigenvalue weighted by Gasteiger charge is -2.01. The summed E-state index contributed by atoms with van der Waals surface area (Å²) in [5, 5.41) is 1.12. The first kappa shape index (κ1) is 13.1. The standard InChI is InChI=1S/C12H8Cl3N3/c13-8-4-1-7(2-5-8)3-6-9-10(14)17-12(16)18-11(9)15/h1-6H,(H2,16,17,18)/b6-3+. The molecule has 1 aromatic carbocycles. The van der Waals surface area contributed by atoms with Crippen LogP contribution < -0.4 is 5.73 Å². The van der Waals surface area contributed by atoms with E-state index in [1.165, 1.54) is 0 Å². The Morgan fingerprint density at radius 2 is 1.44 bits per heavy atom. The van der Waals surface area contributed by atoms with Crippen molar-refractivity contribution in [3.05, 3.63) is 50.7 Å². The van der Waals surface area contributed by atoms with E-state index in [4.69, 9.17) is 40.5 Å². The molecule has 2 aromatic rings. The molecule has 0 amide bonds. The van der Waals surface area contributed by atoms with Gasteiger partial charge in [0.15, 0.2) is 0 Å². The first-order valence-electron chi connectivity index (χ1n) is 4.98. The third kappa shape index (κ3) is 3.13. The van der Waals surface area contributed by atoms with E-state index < -0.39 is 0 Å². The van der Waals surface area contributed by atoms with E-state index in [1.807, 2.05) is 18.2 Å². The molecular formula is C12H8Cl3N3. The lowest BCUT2D eigenvalue weighted by atomic mass is 10.2. The summed E-state index contributed by atoms with van der Waals surface area (Å²) in [6.45, 7) is 0. The van der Waals surface area contributed by atoms with E-state index in [-0.39, 0.29) is 16.3 Å². The van der Waals surface area contributed by atoms with E-state index in [0.29, 0.717) is 10.6 Å². The van der Waals surface area contributed by atoms with Crippen molar-refractivity contribution in [1.29, 1.82) is 0 Å². The summed E-state index contributed by atoms with van der Waals surface area (Å²) in [4.78, 5) is 7.67. The number of halogens is 3. The Labute approximate surface area is 119 Å². The summed E-state index contributed by atoms with van der Waals surface area (Å²) in [7, 11) is 0. The predicted octanol–water partition coefficient (Wildman–Crippen LogP) is 4.19. The van der Waals surface area contributed by atoms with E-state index in [2.05, 4.69) is 9.97 Å². The van der Waals surface area contributed by atoms with E-state index >= 15 is 0 Å². The lowest BCUT2D eigenvalue weighted by molar-refractivity contribution is 1.18. The quantitative estimate of drug-likeness (QED) is 0.846. The first-order valence-corrected chi connectivity index (χ1v) is 6.12. The number of aromatic nitrogens is 2. The van der Waals surface area contributed by atoms with Crippen molar-refractivity contribution in [3.8, 4) is 0 Å². The van der Waals surface area contributed by atoms with Crippen molar-refractivity contribution >= 4 is 52.9 Å². The highest BCUT2D eigenvalue weighted by Crippen LogP contribution is 2.24. The lowest BCUT2D eigenvalue weighted by Crippen LogP contribution is -1.97. The van der Waals surface area contributed by atoms with Gasteiger partial charge in [-0.15, -0.1) is 0 Å². The minimum Gasteiger partial charge on any atom is -0.368 e. The highest BCUT2D eigenvalue weighted by molar-refractivity contribution is 6.36. The Kier molecular flexibility index (Phi) is 4.07. The SMILES string of the molecule is Nc1nc(Cl)c(/C=C/c2ccc(Cl)cc2)c(Cl)n1. The molecule has 3 nitrogen and oxygen atoms in total. The number of nitrogen functional groups attached to an aromatic ring is 1. The van der Waals surface area contributed by atoms with Crippen LogP contribution in [0.2, 0.25) is 15.3 Å². The van der Waals surface area contributed by atoms with Crippen molar-refractivity contribution < 1.29 is 0 Å². The van der Waals surface area contributed by atoms with Crippen molar-refractivity contribution in [3.63, 3.8) is 0 Å². The van der Waals surface area contributed by atoms with Crippen LogP contribution in [-0.4, -0.2) is 9.97 Å². The van der Waals surface area contributed by atoms with Gasteiger partial charge in [-0.1, -0.05) is 53.0 Å². The molecule has 0 aliphatic heterocycles. The first-order chi connectivity index (χ1) is 8.56. The van der Waals surface area contributed by atoms with Gasteiger partial charge in [-0.25, -0.2) is 9.97 Å². The fourth-order valence-corrected chi connectivity index (χ4v) is 1.98. The van der Waals surface area contributed by atoms with Crippen molar-refractivity contribution in [2.24, 2.45) is 0 Å². The van der Waals surface area contributed by atoms with Crippen LogP contribution in [0.4, 0.5) is 5.95 Å². The second kappa shape index (κ2) is 5.57. The topological polar surface area (TPSA) is 51.8 Å². The zero-order chi connectivity index (χ0) is 13.1. The number of hydrogen-bond acceptors (Lipinski definition) is 3. The molecule has 0 atom stereocenters. The van der Waals surface area contributed by atoms with Gasteiger partial charge in [-0.3, -0.25) is 0 Å². The monoisotopic (exact) mass is 299 g/mol. The highest BCUT2D eigenvalue weighted by atomic mass is 35.5. The van der Waals surface area contributed by atoms with Crippen LogP contribution in [-0.2, 0) is 0 Å². The smallest absolute Gasteiger partial charge is 0.222 e. The normalized spacial score (nSPS) is 11.1. The number of hydrogen-bond donors (Lipinski definition) is 1. The Hall–Kier alpha value is -1.29. The third-order valence-electron chi connectivity index (χ3n) is 2.18. The molecule has 1 aromatic heterocycles. The molecule has 2 N–H and O–H groups in total. The van der Waals surface area contributed by atoms with E-state index in [9.17, 15) is 0 Å². The Morgan fingerprint density at radius 3 is 2.00 bits per heavy atom. The van der Waals surface area contributed by atoms with Crippen LogP contribution in [0.15, 0.2) is 24.3 Å². The summed E-state index contributed by atoms with van der Waals surface area (Å²) in [5.74, 6) is 0.0497. The van der Waals surface area contributed by atoms with Crippen molar-refractivity contribution in [2.75, 3.05) is 5.73 Å². The van der Waals surface area contributed by atoms with Crippen molar-refractivity contribution in [1.82, 2.24) is 9.97 Å². The molecule has 0 aliphatic carbocycles. The minimum atomic E-state index is 0.0497. The molecule has 6 heteroatoms. The fourth-order valence-electron chi connectivity index (χ4n) is 1.32. The van der Waals surface area contributed by atoms with Gasteiger partial charge < -0.3 is 5.73 Å². The fraction of sp³-hybridized carbons (Fsp3) is 0. The van der Waals surface area contributed by atoms with E-state index in [1.54, 1.807) is 18.2 Å². The zero-order valence-electron chi connectivity index (χ0n) is 9.07. The molecule has 0 aliphatic rings. The van der Waals surface area contributed by atoms with Crippen LogP contribution in [0, 0.1) is 0 Å². The predicted molar refractivity (Wildman–Crippen MR) is 76.8 cm³/mol. The largest absolute Gasteiger partial charge is 0.368 e. The molecule has 2 rings (SSSR count). The second-order valence-electron chi connectivity index (χ2n) is 3.46. The number of anilines is 1. The van der Waals surface area contributed by atoms with Gasteiger partial charge in [0.05, 0.1) is 0 Å². The van der Waals surface area contributed by atoms with Gasteiger partial charge in [-0.05, 0) is 23.8 Å². The van der Waals surface area contributed by atoms with Gasteiger partial charge in [0.25, 0.3) is 0 Å². The molecule has 1 heterocycles.